The molecule has 162 valence electrons. The first-order valence-corrected chi connectivity index (χ1v) is 12.2. The van der Waals surface area contributed by atoms with E-state index in [1.807, 2.05) is 36.4 Å². The van der Waals surface area contributed by atoms with Gasteiger partial charge in [-0.05, 0) is 31.4 Å². The first-order chi connectivity index (χ1) is 15.2. The van der Waals surface area contributed by atoms with Crippen LogP contribution in [-0.2, 0) is 22.5 Å². The molecule has 0 bridgehead atoms. The Kier molecular flexibility index (Phi) is 7.03. The van der Waals surface area contributed by atoms with E-state index in [1.165, 1.54) is 29.5 Å². The lowest BCUT2D eigenvalue weighted by atomic mass is 10.2. The molecule has 31 heavy (non-hydrogen) atoms. The molecule has 0 atom stereocenters. The number of thiophene rings is 1. The topological polar surface area (TPSA) is 86.1 Å². The lowest BCUT2D eigenvalue weighted by Gasteiger charge is -2.07. The summed E-state index contributed by atoms with van der Waals surface area (Å²) in [6, 6.07) is 11.6. The molecule has 3 heterocycles. The van der Waals surface area contributed by atoms with E-state index in [0.717, 1.165) is 47.2 Å². The van der Waals surface area contributed by atoms with Gasteiger partial charge in [0.05, 0.1) is 18.0 Å². The van der Waals surface area contributed by atoms with Crippen LogP contribution in [0.2, 0.25) is 0 Å². The van der Waals surface area contributed by atoms with Crippen molar-refractivity contribution in [1.82, 2.24) is 14.8 Å². The summed E-state index contributed by atoms with van der Waals surface area (Å²) < 4.78 is 7.30. The third kappa shape index (κ3) is 5.16. The van der Waals surface area contributed by atoms with Crippen LogP contribution in [-0.4, -0.2) is 39.0 Å². The summed E-state index contributed by atoms with van der Waals surface area (Å²) in [6.45, 7) is 2.93. The average Bonchev–Trinajstić information content (AvgIpc) is 3.29. The lowest BCUT2D eigenvalue weighted by Crippen LogP contribution is -2.16. The molecular formula is C22H24N4O3S2. The number of thioether (sulfide) groups is 1. The Balaban J connectivity index is 1.47. The summed E-state index contributed by atoms with van der Waals surface area (Å²) in [4.78, 5) is 26.4. The molecule has 1 N–H and O–H groups in total. The summed E-state index contributed by atoms with van der Waals surface area (Å²) >= 11 is 2.69. The van der Waals surface area contributed by atoms with Crippen LogP contribution in [0.25, 0.3) is 10.4 Å². The molecule has 1 aliphatic rings. The van der Waals surface area contributed by atoms with Gasteiger partial charge in [0.25, 0.3) is 0 Å². The average molecular weight is 457 g/mol. The highest BCUT2D eigenvalue weighted by Gasteiger charge is 2.21. The minimum absolute atomic E-state index is 0.191. The van der Waals surface area contributed by atoms with Gasteiger partial charge in [-0.3, -0.25) is 4.79 Å². The van der Waals surface area contributed by atoms with Gasteiger partial charge in [0, 0.05) is 17.8 Å². The van der Waals surface area contributed by atoms with E-state index in [2.05, 4.69) is 20.1 Å². The summed E-state index contributed by atoms with van der Waals surface area (Å²) in [6.07, 6.45) is 4.35. The molecule has 0 spiro atoms. The Morgan fingerprint density at radius 2 is 2.03 bits per heavy atom. The van der Waals surface area contributed by atoms with Crippen LogP contribution in [0.4, 0.5) is 5.69 Å². The van der Waals surface area contributed by atoms with Crippen molar-refractivity contribution in [3.63, 3.8) is 0 Å². The number of carbonyl (C=O) groups is 2. The molecule has 1 amide bonds. The molecule has 0 aliphatic carbocycles. The van der Waals surface area contributed by atoms with Gasteiger partial charge in [-0.15, -0.1) is 21.5 Å². The van der Waals surface area contributed by atoms with E-state index in [0.29, 0.717) is 10.6 Å². The second-order valence-electron chi connectivity index (χ2n) is 7.14. The number of carbonyl (C=O) groups excluding carboxylic acids is 2. The molecule has 3 aromatic rings. The Morgan fingerprint density at radius 3 is 2.84 bits per heavy atom. The highest BCUT2D eigenvalue weighted by molar-refractivity contribution is 7.99. The molecule has 0 saturated heterocycles. The van der Waals surface area contributed by atoms with Crippen molar-refractivity contribution in [2.45, 2.75) is 44.3 Å². The molecule has 0 fully saturated rings. The smallest absolute Gasteiger partial charge is 0.350 e. The molecule has 1 aromatic carbocycles. The Labute approximate surface area is 189 Å². The molecular weight excluding hydrogens is 432 g/mol. The molecule has 1 aliphatic heterocycles. The highest BCUT2D eigenvalue weighted by Crippen LogP contribution is 2.35. The molecule has 9 heteroatoms. The Hall–Kier alpha value is -2.65. The number of rotatable bonds is 7. The van der Waals surface area contributed by atoms with E-state index in [4.69, 9.17) is 4.74 Å². The van der Waals surface area contributed by atoms with Crippen LogP contribution >= 0.6 is 23.1 Å². The van der Waals surface area contributed by atoms with Crippen LogP contribution in [0.15, 0.2) is 41.6 Å². The third-order valence-electron chi connectivity index (χ3n) is 4.93. The number of esters is 1. The number of hydrogen-bond acceptors (Lipinski definition) is 7. The zero-order valence-electron chi connectivity index (χ0n) is 17.3. The van der Waals surface area contributed by atoms with Gasteiger partial charge in [0.1, 0.15) is 10.7 Å². The van der Waals surface area contributed by atoms with Crippen LogP contribution < -0.4 is 5.32 Å². The fourth-order valence-electron chi connectivity index (χ4n) is 3.46. The van der Waals surface area contributed by atoms with Crippen molar-refractivity contribution in [2.24, 2.45) is 0 Å². The first-order valence-electron chi connectivity index (χ1n) is 10.4. The van der Waals surface area contributed by atoms with Crippen molar-refractivity contribution in [3.05, 3.63) is 47.1 Å². The van der Waals surface area contributed by atoms with Crippen molar-refractivity contribution < 1.29 is 14.3 Å². The second kappa shape index (κ2) is 10.1. The number of nitrogens with zero attached hydrogens (tertiary/aromatic N) is 3. The quantitative estimate of drug-likeness (QED) is 0.412. The van der Waals surface area contributed by atoms with Crippen LogP contribution in [0.1, 0.15) is 41.7 Å². The number of benzene rings is 1. The van der Waals surface area contributed by atoms with E-state index in [-0.39, 0.29) is 18.3 Å². The predicted molar refractivity (Wildman–Crippen MR) is 123 cm³/mol. The minimum atomic E-state index is -0.430. The Morgan fingerprint density at radius 1 is 1.19 bits per heavy atom. The number of anilines is 1. The fourth-order valence-corrected chi connectivity index (χ4v) is 5.25. The number of amides is 1. The van der Waals surface area contributed by atoms with E-state index in [1.54, 1.807) is 6.92 Å². The fraction of sp³-hybridized carbons (Fsp3) is 0.364. The minimum Gasteiger partial charge on any atom is -0.462 e. The number of nitrogens with one attached hydrogen (secondary N) is 1. The first kappa shape index (κ1) is 21.6. The van der Waals surface area contributed by atoms with Gasteiger partial charge in [0.2, 0.25) is 5.91 Å². The summed E-state index contributed by atoms with van der Waals surface area (Å²) in [5.74, 6) is 0.561. The molecule has 4 rings (SSSR count). The van der Waals surface area contributed by atoms with E-state index in [9.17, 15) is 9.59 Å². The van der Waals surface area contributed by atoms with Crippen molar-refractivity contribution >= 4 is 40.7 Å². The zero-order chi connectivity index (χ0) is 21.6. The molecule has 0 unspecified atom stereocenters. The maximum absolute atomic E-state index is 12.7. The van der Waals surface area contributed by atoms with E-state index >= 15 is 0 Å². The normalized spacial score (nSPS) is 13.3. The largest absolute Gasteiger partial charge is 0.462 e. The Bertz CT molecular complexity index is 1060. The number of fused-ring (bicyclic) bond motifs is 1. The molecule has 0 radical (unpaired) electrons. The zero-order valence-corrected chi connectivity index (χ0v) is 18.9. The lowest BCUT2D eigenvalue weighted by molar-refractivity contribution is -0.113. The maximum atomic E-state index is 12.7. The van der Waals surface area contributed by atoms with Gasteiger partial charge in [-0.1, -0.05) is 48.5 Å². The summed E-state index contributed by atoms with van der Waals surface area (Å²) in [5.41, 5.74) is 1.46. The standard InChI is InChI=1S/C22H24N4O3S2/c1-2-29-21(28)20-16(13-17(31-20)15-9-5-3-6-10-15)23-19(27)14-30-22-25-24-18-11-7-4-8-12-26(18)22/h3,5-6,9-10,13H,2,4,7-8,11-12,14H2,1H3,(H,23,27). The molecule has 0 saturated carbocycles. The number of ether oxygens (including phenoxy) is 1. The van der Waals surface area contributed by atoms with Gasteiger partial charge in [0.15, 0.2) is 5.16 Å². The van der Waals surface area contributed by atoms with Crippen molar-refractivity contribution in [1.29, 1.82) is 0 Å². The third-order valence-corrected chi connectivity index (χ3v) is 7.06. The second-order valence-corrected chi connectivity index (χ2v) is 9.13. The number of aryl methyl sites for hydroxylation is 1. The predicted octanol–water partition coefficient (Wildman–Crippen LogP) is 4.64. The van der Waals surface area contributed by atoms with Crippen LogP contribution in [0, 0.1) is 0 Å². The van der Waals surface area contributed by atoms with Gasteiger partial charge in [-0.2, -0.15) is 0 Å². The summed E-state index contributed by atoms with van der Waals surface area (Å²) in [5, 5.41) is 12.2. The molecule has 7 nitrogen and oxygen atoms in total. The highest BCUT2D eigenvalue weighted by atomic mass is 32.2. The van der Waals surface area contributed by atoms with Gasteiger partial charge >= 0.3 is 5.97 Å². The summed E-state index contributed by atoms with van der Waals surface area (Å²) in [7, 11) is 0. The van der Waals surface area contributed by atoms with E-state index < -0.39 is 5.97 Å². The molecule has 2 aromatic heterocycles. The number of hydrogen-bond donors (Lipinski definition) is 1. The monoisotopic (exact) mass is 456 g/mol. The van der Waals surface area contributed by atoms with Crippen molar-refractivity contribution in [2.75, 3.05) is 17.7 Å². The van der Waals surface area contributed by atoms with Crippen molar-refractivity contribution in [3.8, 4) is 10.4 Å². The van der Waals surface area contributed by atoms with Gasteiger partial charge < -0.3 is 14.6 Å². The van der Waals surface area contributed by atoms with Crippen LogP contribution in [0.3, 0.4) is 0 Å². The number of aromatic nitrogens is 3. The van der Waals surface area contributed by atoms with Crippen LogP contribution in [0.5, 0.6) is 0 Å². The van der Waals surface area contributed by atoms with Gasteiger partial charge in [-0.25, -0.2) is 4.79 Å². The SMILES string of the molecule is CCOC(=O)c1sc(-c2ccccc2)cc1NC(=O)CSc1nnc2n1CCCCC2. The maximum Gasteiger partial charge on any atom is 0.350 e.